The summed E-state index contributed by atoms with van der Waals surface area (Å²) in [6.07, 6.45) is -5.28. The van der Waals surface area contributed by atoms with Crippen molar-refractivity contribution in [2.75, 3.05) is 19.8 Å². The number of primary amides is 1. The molecule has 0 saturated carbocycles. The minimum atomic E-state index is -4.25. The molecule has 0 heterocycles. The standard InChI is InChI=1S/C9H17F3N2O2/c1-3-14-8(2,7(13)15)6-16-5-4-9(10,11)12/h14H,3-6H2,1-2H3,(H2,13,15). The third-order valence-corrected chi connectivity index (χ3v) is 2.03. The summed E-state index contributed by atoms with van der Waals surface area (Å²) in [5.74, 6) is -0.652. The van der Waals surface area contributed by atoms with Gasteiger partial charge in [0.05, 0.1) is 19.6 Å². The van der Waals surface area contributed by atoms with Gasteiger partial charge in [0, 0.05) is 0 Å². The maximum Gasteiger partial charge on any atom is 0.391 e. The first kappa shape index (κ1) is 15.2. The summed E-state index contributed by atoms with van der Waals surface area (Å²) in [6.45, 7) is 3.08. The lowest BCUT2D eigenvalue weighted by molar-refractivity contribution is -0.147. The van der Waals surface area contributed by atoms with E-state index in [-0.39, 0.29) is 6.61 Å². The van der Waals surface area contributed by atoms with Gasteiger partial charge in [0.25, 0.3) is 0 Å². The molecule has 0 aliphatic rings. The van der Waals surface area contributed by atoms with Crippen molar-refractivity contribution < 1.29 is 22.7 Å². The molecule has 96 valence electrons. The number of halogens is 3. The highest BCUT2D eigenvalue weighted by Gasteiger charge is 2.31. The number of ether oxygens (including phenoxy) is 1. The van der Waals surface area contributed by atoms with E-state index in [9.17, 15) is 18.0 Å². The second-order valence-corrected chi connectivity index (χ2v) is 3.64. The summed E-state index contributed by atoms with van der Waals surface area (Å²) < 4.78 is 40.2. The van der Waals surface area contributed by atoms with Crippen LogP contribution >= 0.6 is 0 Å². The molecule has 0 aliphatic heterocycles. The Morgan fingerprint density at radius 1 is 1.44 bits per heavy atom. The summed E-state index contributed by atoms with van der Waals surface area (Å²) in [7, 11) is 0. The number of likely N-dealkylation sites (N-methyl/N-ethyl adjacent to an activating group) is 1. The van der Waals surface area contributed by atoms with Crippen LogP contribution in [-0.2, 0) is 9.53 Å². The molecule has 0 rings (SSSR count). The van der Waals surface area contributed by atoms with Crippen LogP contribution in [0, 0.1) is 0 Å². The molecular formula is C9H17F3N2O2. The van der Waals surface area contributed by atoms with Crippen molar-refractivity contribution in [2.45, 2.75) is 32.0 Å². The van der Waals surface area contributed by atoms with Gasteiger partial charge in [-0.3, -0.25) is 4.79 Å². The third-order valence-electron chi connectivity index (χ3n) is 2.03. The predicted molar refractivity (Wildman–Crippen MR) is 52.8 cm³/mol. The zero-order valence-electron chi connectivity index (χ0n) is 9.36. The summed E-state index contributed by atoms with van der Waals surface area (Å²) in [5.41, 5.74) is 4.00. The van der Waals surface area contributed by atoms with Crippen LogP contribution in [0.15, 0.2) is 0 Å². The lowest BCUT2D eigenvalue weighted by Gasteiger charge is -2.26. The van der Waals surface area contributed by atoms with Crippen LogP contribution in [0.2, 0.25) is 0 Å². The molecule has 0 aromatic heterocycles. The first-order chi connectivity index (χ1) is 7.21. The average molecular weight is 242 g/mol. The van der Waals surface area contributed by atoms with Gasteiger partial charge >= 0.3 is 6.18 Å². The Labute approximate surface area is 92.3 Å². The molecule has 16 heavy (non-hydrogen) atoms. The van der Waals surface area contributed by atoms with E-state index in [1.54, 1.807) is 6.92 Å². The molecule has 3 N–H and O–H groups in total. The van der Waals surface area contributed by atoms with Gasteiger partial charge in [0.2, 0.25) is 5.91 Å². The lowest BCUT2D eigenvalue weighted by Crippen LogP contribution is -2.56. The molecule has 0 spiro atoms. The van der Waals surface area contributed by atoms with Crippen molar-refractivity contribution in [3.63, 3.8) is 0 Å². The number of nitrogens with two attached hydrogens (primary N) is 1. The molecule has 1 amide bonds. The minimum Gasteiger partial charge on any atom is -0.379 e. The zero-order chi connectivity index (χ0) is 12.8. The molecule has 0 radical (unpaired) electrons. The van der Waals surface area contributed by atoms with Crippen molar-refractivity contribution in [3.05, 3.63) is 0 Å². The Morgan fingerprint density at radius 3 is 2.38 bits per heavy atom. The van der Waals surface area contributed by atoms with E-state index < -0.39 is 30.7 Å². The highest BCUT2D eigenvalue weighted by molar-refractivity contribution is 5.84. The molecule has 1 atom stereocenters. The van der Waals surface area contributed by atoms with E-state index in [0.29, 0.717) is 6.54 Å². The van der Waals surface area contributed by atoms with Crippen molar-refractivity contribution in [2.24, 2.45) is 5.73 Å². The third kappa shape index (κ3) is 5.92. The van der Waals surface area contributed by atoms with Crippen LogP contribution < -0.4 is 11.1 Å². The fourth-order valence-electron chi connectivity index (χ4n) is 1.06. The van der Waals surface area contributed by atoms with Crippen LogP contribution in [-0.4, -0.2) is 37.4 Å². The van der Waals surface area contributed by atoms with Crippen molar-refractivity contribution in [1.29, 1.82) is 0 Å². The van der Waals surface area contributed by atoms with E-state index in [2.05, 4.69) is 5.32 Å². The highest BCUT2D eigenvalue weighted by atomic mass is 19.4. The molecule has 1 unspecified atom stereocenters. The van der Waals surface area contributed by atoms with Crippen molar-refractivity contribution in [3.8, 4) is 0 Å². The average Bonchev–Trinajstić information content (AvgIpc) is 2.11. The second kappa shape index (κ2) is 6.05. The number of alkyl halides is 3. The molecule has 0 aliphatic carbocycles. The molecule has 4 nitrogen and oxygen atoms in total. The van der Waals surface area contributed by atoms with E-state index in [0.717, 1.165) is 0 Å². The summed E-state index contributed by atoms with van der Waals surface area (Å²) in [5, 5.41) is 2.78. The number of amides is 1. The number of hydrogen-bond donors (Lipinski definition) is 2. The first-order valence-electron chi connectivity index (χ1n) is 4.90. The normalized spacial score (nSPS) is 15.8. The first-order valence-corrected chi connectivity index (χ1v) is 4.90. The lowest BCUT2D eigenvalue weighted by atomic mass is 10.0. The van der Waals surface area contributed by atoms with E-state index >= 15 is 0 Å². The molecule has 0 aromatic rings. The topological polar surface area (TPSA) is 64.3 Å². The number of rotatable bonds is 7. The summed E-state index contributed by atoms with van der Waals surface area (Å²) in [4.78, 5) is 11.1. The van der Waals surface area contributed by atoms with Gasteiger partial charge < -0.3 is 15.8 Å². The van der Waals surface area contributed by atoms with Gasteiger partial charge in [-0.2, -0.15) is 13.2 Å². The number of hydrogen-bond acceptors (Lipinski definition) is 3. The maximum atomic E-state index is 11.8. The Balaban J connectivity index is 4.00. The molecule has 0 bridgehead atoms. The Morgan fingerprint density at radius 2 is 2.00 bits per heavy atom. The van der Waals surface area contributed by atoms with Crippen LogP contribution in [0.5, 0.6) is 0 Å². The quantitative estimate of drug-likeness (QED) is 0.649. The van der Waals surface area contributed by atoms with Gasteiger partial charge in [-0.25, -0.2) is 0 Å². The fourth-order valence-corrected chi connectivity index (χ4v) is 1.06. The van der Waals surface area contributed by atoms with Crippen molar-refractivity contribution >= 4 is 5.91 Å². The molecule has 0 aromatic carbocycles. The SMILES string of the molecule is CCNC(C)(COCCC(F)(F)F)C(N)=O. The van der Waals surface area contributed by atoms with Gasteiger partial charge in [0.1, 0.15) is 5.54 Å². The van der Waals surface area contributed by atoms with Crippen LogP contribution in [0.25, 0.3) is 0 Å². The Hall–Kier alpha value is -0.820. The molecule has 0 fully saturated rings. The zero-order valence-corrected chi connectivity index (χ0v) is 9.36. The smallest absolute Gasteiger partial charge is 0.379 e. The summed E-state index contributed by atoms with van der Waals surface area (Å²) >= 11 is 0. The van der Waals surface area contributed by atoms with Gasteiger partial charge in [-0.1, -0.05) is 6.92 Å². The van der Waals surface area contributed by atoms with E-state index in [4.69, 9.17) is 10.5 Å². The van der Waals surface area contributed by atoms with Crippen LogP contribution in [0.3, 0.4) is 0 Å². The van der Waals surface area contributed by atoms with E-state index in [1.165, 1.54) is 6.92 Å². The number of carbonyl (C=O) groups excluding carboxylic acids is 1. The maximum absolute atomic E-state index is 11.8. The van der Waals surface area contributed by atoms with Gasteiger partial charge in [0.15, 0.2) is 0 Å². The molecular weight excluding hydrogens is 225 g/mol. The number of carbonyl (C=O) groups is 1. The Bertz CT molecular complexity index is 233. The van der Waals surface area contributed by atoms with E-state index in [1.807, 2.05) is 0 Å². The highest BCUT2D eigenvalue weighted by Crippen LogP contribution is 2.19. The largest absolute Gasteiger partial charge is 0.391 e. The predicted octanol–water partition coefficient (Wildman–Crippen LogP) is 0.809. The van der Waals surface area contributed by atoms with Crippen molar-refractivity contribution in [1.82, 2.24) is 5.32 Å². The molecule has 0 saturated heterocycles. The Kier molecular flexibility index (Phi) is 5.74. The van der Waals surface area contributed by atoms with Gasteiger partial charge in [-0.05, 0) is 13.5 Å². The van der Waals surface area contributed by atoms with Crippen LogP contribution in [0.4, 0.5) is 13.2 Å². The van der Waals surface area contributed by atoms with Gasteiger partial charge in [-0.15, -0.1) is 0 Å². The fraction of sp³-hybridized carbons (Fsp3) is 0.889. The van der Waals surface area contributed by atoms with Crippen LogP contribution in [0.1, 0.15) is 20.3 Å². The summed E-state index contributed by atoms with van der Waals surface area (Å²) in [6, 6.07) is 0. The molecule has 7 heteroatoms. The second-order valence-electron chi connectivity index (χ2n) is 3.64. The monoisotopic (exact) mass is 242 g/mol. The minimum absolute atomic E-state index is 0.174. The number of nitrogens with one attached hydrogen (secondary N) is 1.